The van der Waals surface area contributed by atoms with Crippen LogP contribution in [0.1, 0.15) is 51.9 Å². The number of carbonyl (C=O) groups excluding carboxylic acids is 1. The number of nitrogens with zero attached hydrogens (tertiary/aromatic N) is 2. The Hall–Kier alpha value is -1.09. The van der Waals surface area contributed by atoms with Gasteiger partial charge in [-0.1, -0.05) is 23.8 Å². The molecule has 0 bridgehead atoms. The number of allylic oxidation sites excluding steroid dienone is 2. The van der Waals surface area contributed by atoms with Crippen LogP contribution in [-0.4, -0.2) is 48.4 Å². The topological polar surface area (TPSA) is 23.6 Å². The van der Waals surface area contributed by atoms with Crippen LogP contribution in [0.4, 0.5) is 0 Å². The van der Waals surface area contributed by atoms with Gasteiger partial charge in [0.2, 0.25) is 5.91 Å². The second kappa shape index (κ2) is 7.65. The highest BCUT2D eigenvalue weighted by Gasteiger charge is 2.30. The first-order valence-electron chi connectivity index (χ1n) is 9.48. The molecule has 0 unspecified atom stereocenters. The van der Waals surface area contributed by atoms with Gasteiger partial charge in [0.1, 0.15) is 0 Å². The Labute approximate surface area is 141 Å². The van der Waals surface area contributed by atoms with Crippen LogP contribution < -0.4 is 0 Å². The molecule has 2 aliphatic heterocycles. The lowest BCUT2D eigenvalue weighted by Gasteiger charge is -2.34. The molecule has 128 valence electrons. The van der Waals surface area contributed by atoms with Crippen molar-refractivity contribution in [2.24, 2.45) is 11.8 Å². The minimum absolute atomic E-state index is 0.289. The molecular formula is C20H32N2O. The van der Waals surface area contributed by atoms with E-state index in [0.29, 0.717) is 11.8 Å². The zero-order valence-electron chi connectivity index (χ0n) is 14.7. The van der Waals surface area contributed by atoms with Crippen molar-refractivity contribution in [3.8, 4) is 0 Å². The van der Waals surface area contributed by atoms with Crippen LogP contribution in [0.25, 0.3) is 0 Å². The molecule has 0 aromatic rings. The second-order valence-electron chi connectivity index (χ2n) is 7.76. The molecule has 2 saturated heterocycles. The van der Waals surface area contributed by atoms with E-state index in [2.05, 4.69) is 29.4 Å². The third-order valence-electron chi connectivity index (χ3n) is 5.98. The van der Waals surface area contributed by atoms with Crippen molar-refractivity contribution in [2.75, 3.05) is 32.7 Å². The van der Waals surface area contributed by atoms with Crippen molar-refractivity contribution in [3.63, 3.8) is 0 Å². The Morgan fingerprint density at radius 2 is 1.83 bits per heavy atom. The maximum Gasteiger partial charge on any atom is 0.225 e. The van der Waals surface area contributed by atoms with Gasteiger partial charge in [0.15, 0.2) is 0 Å². The first-order valence-corrected chi connectivity index (χ1v) is 9.48. The summed E-state index contributed by atoms with van der Waals surface area (Å²) in [6.45, 7) is 11.5. The lowest BCUT2D eigenvalue weighted by Crippen LogP contribution is -2.42. The van der Waals surface area contributed by atoms with Gasteiger partial charge < -0.3 is 4.90 Å². The predicted octanol–water partition coefficient (Wildman–Crippen LogP) is 3.62. The Morgan fingerprint density at radius 3 is 2.39 bits per heavy atom. The summed E-state index contributed by atoms with van der Waals surface area (Å²) in [5.74, 6) is 1.42. The van der Waals surface area contributed by atoms with Gasteiger partial charge in [0.05, 0.1) is 0 Å². The van der Waals surface area contributed by atoms with E-state index < -0.39 is 0 Å². The van der Waals surface area contributed by atoms with Gasteiger partial charge in [-0.3, -0.25) is 9.69 Å². The monoisotopic (exact) mass is 316 g/mol. The molecule has 3 aliphatic rings. The van der Waals surface area contributed by atoms with Gasteiger partial charge in [-0.05, 0) is 70.9 Å². The summed E-state index contributed by atoms with van der Waals surface area (Å²) in [7, 11) is 0. The van der Waals surface area contributed by atoms with Crippen LogP contribution in [0, 0.1) is 11.8 Å². The van der Waals surface area contributed by atoms with Gasteiger partial charge >= 0.3 is 0 Å². The largest absolute Gasteiger partial charge is 0.342 e. The molecule has 0 aromatic carbocycles. The van der Waals surface area contributed by atoms with Gasteiger partial charge in [-0.15, -0.1) is 0 Å². The third kappa shape index (κ3) is 4.26. The van der Waals surface area contributed by atoms with Crippen LogP contribution in [-0.2, 0) is 4.79 Å². The zero-order valence-corrected chi connectivity index (χ0v) is 14.7. The molecule has 1 amide bonds. The fourth-order valence-electron chi connectivity index (χ4n) is 4.30. The molecular weight excluding hydrogens is 284 g/mol. The maximum atomic E-state index is 12.5. The van der Waals surface area contributed by atoms with E-state index in [9.17, 15) is 4.79 Å². The number of hydrogen-bond donors (Lipinski definition) is 0. The maximum absolute atomic E-state index is 12.5. The predicted molar refractivity (Wildman–Crippen MR) is 95.2 cm³/mol. The van der Waals surface area contributed by atoms with Crippen molar-refractivity contribution in [2.45, 2.75) is 51.9 Å². The average molecular weight is 316 g/mol. The molecule has 2 fully saturated rings. The number of likely N-dealkylation sites (tertiary alicyclic amines) is 2. The molecule has 3 rings (SSSR count). The first kappa shape index (κ1) is 16.8. The summed E-state index contributed by atoms with van der Waals surface area (Å²) in [4.78, 5) is 17.1. The van der Waals surface area contributed by atoms with Crippen molar-refractivity contribution in [1.82, 2.24) is 9.80 Å². The van der Waals surface area contributed by atoms with Crippen molar-refractivity contribution in [1.29, 1.82) is 0 Å². The Kier molecular flexibility index (Phi) is 5.58. The van der Waals surface area contributed by atoms with E-state index >= 15 is 0 Å². The minimum atomic E-state index is 0.289. The van der Waals surface area contributed by atoms with Gasteiger partial charge in [0, 0.05) is 25.6 Å². The molecule has 23 heavy (non-hydrogen) atoms. The molecule has 1 atom stereocenters. The number of piperidine rings is 1. The van der Waals surface area contributed by atoms with Crippen LogP contribution in [0.5, 0.6) is 0 Å². The summed E-state index contributed by atoms with van der Waals surface area (Å²) >= 11 is 0. The van der Waals surface area contributed by atoms with E-state index in [4.69, 9.17) is 0 Å². The smallest absolute Gasteiger partial charge is 0.225 e. The normalized spacial score (nSPS) is 27.1. The highest BCUT2D eigenvalue weighted by molar-refractivity contribution is 5.79. The third-order valence-corrected chi connectivity index (χ3v) is 5.98. The summed E-state index contributed by atoms with van der Waals surface area (Å²) in [5, 5.41) is 0. The molecule has 3 nitrogen and oxygen atoms in total. The molecule has 3 heteroatoms. The number of hydrogen-bond acceptors (Lipinski definition) is 2. The van der Waals surface area contributed by atoms with E-state index in [1.165, 1.54) is 37.7 Å². The fourth-order valence-corrected chi connectivity index (χ4v) is 4.30. The standard InChI is InChI=1S/C20H32N2O/c1-16(2)18-7-5-17(6-8-18)15-21-13-9-19(10-14-21)20(23)22-11-3-4-12-22/h5,18-19H,1,3-4,6-15H2,2H3/t18-/m1/s1. The second-order valence-corrected chi connectivity index (χ2v) is 7.76. The molecule has 2 heterocycles. The van der Waals surface area contributed by atoms with E-state index in [1.807, 2.05) is 0 Å². The first-order chi connectivity index (χ1) is 11.1. The van der Waals surface area contributed by atoms with E-state index in [1.54, 1.807) is 5.57 Å². The highest BCUT2D eigenvalue weighted by Crippen LogP contribution is 2.29. The molecule has 0 saturated carbocycles. The summed E-state index contributed by atoms with van der Waals surface area (Å²) in [6, 6.07) is 0. The van der Waals surface area contributed by atoms with E-state index in [0.717, 1.165) is 45.6 Å². The van der Waals surface area contributed by atoms with Crippen molar-refractivity contribution >= 4 is 5.91 Å². The molecule has 0 aromatic heterocycles. The summed E-state index contributed by atoms with van der Waals surface area (Å²) in [6.07, 6.45) is 10.6. The van der Waals surface area contributed by atoms with Gasteiger partial charge in [0.25, 0.3) is 0 Å². The van der Waals surface area contributed by atoms with Crippen LogP contribution in [0.3, 0.4) is 0 Å². The quantitative estimate of drug-likeness (QED) is 0.740. The Morgan fingerprint density at radius 1 is 1.13 bits per heavy atom. The number of carbonyl (C=O) groups is 1. The van der Waals surface area contributed by atoms with Gasteiger partial charge in [-0.2, -0.15) is 0 Å². The lowest BCUT2D eigenvalue weighted by atomic mass is 9.85. The summed E-state index contributed by atoms with van der Waals surface area (Å²) < 4.78 is 0. The van der Waals surface area contributed by atoms with Crippen molar-refractivity contribution < 1.29 is 4.79 Å². The van der Waals surface area contributed by atoms with E-state index in [-0.39, 0.29) is 5.92 Å². The summed E-state index contributed by atoms with van der Waals surface area (Å²) in [5.41, 5.74) is 2.94. The Bertz CT molecular complexity index is 468. The SMILES string of the molecule is C=C(C)[C@@H]1CC=C(CN2CCC(C(=O)N3CCCC3)CC2)CC1. The zero-order chi connectivity index (χ0) is 16.2. The van der Waals surface area contributed by atoms with Gasteiger partial charge in [-0.25, -0.2) is 0 Å². The number of amides is 1. The molecule has 0 N–H and O–H groups in total. The van der Waals surface area contributed by atoms with Crippen molar-refractivity contribution in [3.05, 3.63) is 23.8 Å². The average Bonchev–Trinajstić information content (AvgIpc) is 3.10. The highest BCUT2D eigenvalue weighted by atomic mass is 16.2. The molecule has 0 radical (unpaired) electrons. The van der Waals surface area contributed by atoms with Crippen LogP contribution in [0.2, 0.25) is 0 Å². The number of rotatable bonds is 4. The minimum Gasteiger partial charge on any atom is -0.342 e. The molecule has 1 aliphatic carbocycles. The lowest BCUT2D eigenvalue weighted by molar-refractivity contribution is -0.135. The fraction of sp³-hybridized carbons (Fsp3) is 0.750. The molecule has 0 spiro atoms. The Balaban J connectivity index is 1.43. The van der Waals surface area contributed by atoms with Crippen LogP contribution >= 0.6 is 0 Å². The van der Waals surface area contributed by atoms with Crippen LogP contribution in [0.15, 0.2) is 23.8 Å².